The third-order valence-electron chi connectivity index (χ3n) is 5.24. The Morgan fingerprint density at radius 2 is 1.50 bits per heavy atom. The standard InChI is InChI=1S/C18H28N2O2.C3H6.C2H6.CH4O.H3N.2H2/c1-12-10-13(2)15(4)18(14(12)3)22-11-17(21)20(5)16-6-8-19-9-7-16;1-2-3-1;2*1-2;;;/h10,16,19H,6-9,11H2,1-5H3;1-3H2;1-2H3;2H,1H3;1H3;2*1H. The average Bonchev–Trinajstić information content (AvgIpc) is 3.64. The third-order valence-corrected chi connectivity index (χ3v) is 5.24. The van der Waals surface area contributed by atoms with E-state index in [1.54, 1.807) is 0 Å². The van der Waals surface area contributed by atoms with Crippen LogP contribution >= 0.6 is 0 Å². The summed E-state index contributed by atoms with van der Waals surface area (Å²) in [6, 6.07) is 2.50. The first-order chi connectivity index (χ1) is 13.9. The van der Waals surface area contributed by atoms with Crippen LogP contribution in [0.4, 0.5) is 0 Å². The second-order valence-corrected chi connectivity index (χ2v) is 7.42. The monoisotopic (exact) mass is 429 g/mol. The van der Waals surface area contributed by atoms with Crippen LogP contribution in [0.3, 0.4) is 0 Å². The van der Waals surface area contributed by atoms with Crippen LogP contribution in [0.2, 0.25) is 0 Å². The lowest BCUT2D eigenvalue weighted by molar-refractivity contribution is -0.134. The van der Waals surface area contributed by atoms with E-state index in [-0.39, 0.29) is 21.5 Å². The first-order valence-corrected chi connectivity index (χ1v) is 11.0. The summed E-state index contributed by atoms with van der Waals surface area (Å²) in [7, 11) is 2.89. The first-order valence-electron chi connectivity index (χ1n) is 11.0. The lowest BCUT2D eigenvalue weighted by Gasteiger charge is -2.31. The Hall–Kier alpha value is -1.63. The highest BCUT2D eigenvalue weighted by Crippen LogP contribution is 2.29. The lowest BCUT2D eigenvalue weighted by Crippen LogP contribution is -2.45. The van der Waals surface area contributed by atoms with Gasteiger partial charge in [-0.3, -0.25) is 4.79 Å². The Kier molecular flexibility index (Phi) is 17.4. The molecule has 5 N–H and O–H groups in total. The number of nitrogens with zero attached hydrogens (tertiary/aromatic N) is 1. The SMILES string of the molecule is C1CC1.CC.CO.Cc1cc(C)c(C)c(OCC(=O)N(C)C2CCNCC2)c1C.N.[HH].[HH]. The number of aliphatic hydroxyl groups excluding tert-OH is 1. The van der Waals surface area contributed by atoms with Crippen LogP contribution in [0.15, 0.2) is 6.07 Å². The molecular weight excluding hydrogens is 378 g/mol. The van der Waals surface area contributed by atoms with Crippen molar-refractivity contribution in [2.75, 3.05) is 33.9 Å². The number of aliphatic hydroxyl groups is 1. The van der Waals surface area contributed by atoms with Gasteiger partial charge in [-0.15, -0.1) is 0 Å². The fourth-order valence-corrected chi connectivity index (χ4v) is 3.03. The normalized spacial score (nSPS) is 14.3. The van der Waals surface area contributed by atoms with Crippen LogP contribution in [0.1, 0.15) is 71.1 Å². The number of rotatable bonds is 4. The van der Waals surface area contributed by atoms with Crippen molar-refractivity contribution in [2.45, 2.75) is 79.7 Å². The maximum atomic E-state index is 12.4. The molecule has 0 aromatic heterocycles. The number of carbonyl (C=O) groups is 1. The summed E-state index contributed by atoms with van der Waals surface area (Å²) >= 11 is 0. The zero-order valence-corrected chi connectivity index (χ0v) is 20.7. The van der Waals surface area contributed by atoms with E-state index in [1.807, 2.05) is 25.8 Å². The molecule has 0 spiro atoms. The topological polar surface area (TPSA) is 96.8 Å². The Balaban J connectivity index is -0.000000346. The molecule has 180 valence electrons. The Morgan fingerprint density at radius 1 is 1.07 bits per heavy atom. The van der Waals surface area contributed by atoms with Crippen LogP contribution in [0, 0.1) is 27.7 Å². The fraction of sp³-hybridized carbons (Fsp3) is 0.708. The summed E-state index contributed by atoms with van der Waals surface area (Å²) in [5, 5.41) is 10.3. The highest BCUT2D eigenvalue weighted by Gasteiger charge is 2.22. The van der Waals surface area contributed by atoms with E-state index >= 15 is 0 Å². The third kappa shape index (κ3) is 10.4. The van der Waals surface area contributed by atoms with Gasteiger partial charge in [-0.1, -0.05) is 39.2 Å². The number of hydrogen-bond acceptors (Lipinski definition) is 5. The van der Waals surface area contributed by atoms with Crippen LogP contribution in [0.25, 0.3) is 0 Å². The molecule has 0 bridgehead atoms. The molecule has 6 nitrogen and oxygen atoms in total. The molecule has 0 unspecified atom stereocenters. The number of carbonyl (C=O) groups excluding carboxylic acids is 1. The van der Waals surface area contributed by atoms with Crippen molar-refractivity contribution in [1.29, 1.82) is 0 Å². The van der Waals surface area contributed by atoms with Gasteiger partial charge < -0.3 is 26.2 Å². The number of piperidine rings is 1. The predicted octanol–water partition coefficient (Wildman–Crippen LogP) is 4.97. The number of amides is 1. The fourth-order valence-electron chi connectivity index (χ4n) is 3.03. The lowest BCUT2D eigenvalue weighted by atomic mass is 10.0. The predicted molar refractivity (Wildman–Crippen MR) is 132 cm³/mol. The van der Waals surface area contributed by atoms with E-state index in [0.717, 1.165) is 49.9 Å². The molecular formula is C24H51N3O3. The van der Waals surface area contributed by atoms with Crippen molar-refractivity contribution in [3.63, 3.8) is 0 Å². The zero-order chi connectivity index (χ0) is 22.4. The molecule has 1 saturated heterocycles. The molecule has 0 radical (unpaired) electrons. The van der Waals surface area contributed by atoms with Gasteiger partial charge in [0.2, 0.25) is 0 Å². The summed E-state index contributed by atoms with van der Waals surface area (Å²) in [5.41, 5.74) is 4.66. The maximum absolute atomic E-state index is 12.4. The zero-order valence-electron chi connectivity index (χ0n) is 20.7. The minimum atomic E-state index is 0. The van der Waals surface area contributed by atoms with E-state index in [9.17, 15) is 4.79 Å². The molecule has 1 aromatic carbocycles. The van der Waals surface area contributed by atoms with E-state index in [2.05, 4.69) is 39.1 Å². The van der Waals surface area contributed by atoms with Crippen LogP contribution in [-0.2, 0) is 4.79 Å². The number of likely N-dealkylation sites (N-methyl/N-ethyl adjacent to an activating group) is 1. The quantitative estimate of drug-likeness (QED) is 0.628. The number of benzene rings is 1. The summed E-state index contributed by atoms with van der Waals surface area (Å²) in [6.07, 6.45) is 6.54. The Labute approximate surface area is 187 Å². The van der Waals surface area contributed by atoms with Crippen molar-refractivity contribution in [2.24, 2.45) is 0 Å². The molecule has 1 aliphatic carbocycles. The van der Waals surface area contributed by atoms with Gasteiger partial charge in [-0.25, -0.2) is 0 Å². The molecule has 6 heteroatoms. The molecule has 3 rings (SSSR count). The van der Waals surface area contributed by atoms with Crippen molar-refractivity contribution in [1.82, 2.24) is 16.4 Å². The van der Waals surface area contributed by atoms with Crippen LogP contribution in [-0.4, -0.2) is 55.8 Å². The van der Waals surface area contributed by atoms with Gasteiger partial charge in [0.1, 0.15) is 5.75 Å². The smallest absolute Gasteiger partial charge is 0.260 e. The molecule has 1 aromatic rings. The number of aryl methyl sites for hydroxylation is 2. The molecule has 1 heterocycles. The van der Waals surface area contributed by atoms with E-state index in [0.29, 0.717) is 6.04 Å². The molecule has 1 amide bonds. The number of hydrogen-bond donors (Lipinski definition) is 3. The van der Waals surface area contributed by atoms with Gasteiger partial charge >= 0.3 is 0 Å². The molecule has 1 aliphatic heterocycles. The van der Waals surface area contributed by atoms with Crippen molar-refractivity contribution >= 4 is 5.91 Å². The summed E-state index contributed by atoms with van der Waals surface area (Å²) < 4.78 is 5.90. The number of nitrogens with one attached hydrogen (secondary N) is 1. The van der Waals surface area contributed by atoms with E-state index in [1.165, 1.54) is 30.4 Å². The van der Waals surface area contributed by atoms with Gasteiger partial charge in [-0.2, -0.15) is 0 Å². The van der Waals surface area contributed by atoms with Gasteiger partial charge in [-0.05, 0) is 75.9 Å². The van der Waals surface area contributed by atoms with Crippen molar-refractivity contribution < 1.29 is 17.5 Å². The highest BCUT2D eigenvalue weighted by molar-refractivity contribution is 5.78. The largest absolute Gasteiger partial charge is 0.483 e. The molecule has 0 atom stereocenters. The second-order valence-electron chi connectivity index (χ2n) is 7.42. The van der Waals surface area contributed by atoms with Gasteiger partial charge in [0.05, 0.1) is 0 Å². The maximum Gasteiger partial charge on any atom is 0.260 e. The Bertz CT molecular complexity index is 580. The summed E-state index contributed by atoms with van der Waals surface area (Å²) in [5.74, 6) is 0.925. The Morgan fingerprint density at radius 3 is 1.90 bits per heavy atom. The van der Waals surface area contributed by atoms with Crippen molar-refractivity contribution in [3.8, 4) is 5.75 Å². The van der Waals surface area contributed by atoms with Crippen molar-refractivity contribution in [3.05, 3.63) is 28.3 Å². The molecule has 30 heavy (non-hydrogen) atoms. The first kappa shape index (κ1) is 30.6. The van der Waals surface area contributed by atoms with Crippen LogP contribution < -0.4 is 16.2 Å². The summed E-state index contributed by atoms with van der Waals surface area (Å²) in [4.78, 5) is 14.2. The average molecular weight is 430 g/mol. The van der Waals surface area contributed by atoms with Crippen LogP contribution in [0.5, 0.6) is 5.75 Å². The molecule has 2 fully saturated rings. The van der Waals surface area contributed by atoms with Gasteiger partial charge in [0, 0.05) is 23.1 Å². The highest BCUT2D eigenvalue weighted by atomic mass is 16.5. The van der Waals surface area contributed by atoms with E-state index in [4.69, 9.17) is 9.84 Å². The summed E-state index contributed by atoms with van der Waals surface area (Å²) in [6.45, 7) is 14.4. The molecule has 2 aliphatic rings. The van der Waals surface area contributed by atoms with Gasteiger partial charge in [0.25, 0.3) is 5.91 Å². The minimum Gasteiger partial charge on any atom is -0.483 e. The molecule has 1 saturated carbocycles. The minimum absolute atomic E-state index is 0. The number of ether oxygens (including phenoxy) is 1. The van der Waals surface area contributed by atoms with Gasteiger partial charge in [0.15, 0.2) is 6.61 Å². The van der Waals surface area contributed by atoms with E-state index < -0.39 is 0 Å². The second kappa shape index (κ2) is 17.1.